The minimum Gasteiger partial charge on any atom is -0.348 e. The Balaban J connectivity index is 1.56. The Labute approximate surface area is 162 Å². The highest BCUT2D eigenvalue weighted by molar-refractivity contribution is 8.00. The third kappa shape index (κ3) is 3.53. The summed E-state index contributed by atoms with van der Waals surface area (Å²) >= 11 is 7.49. The first-order chi connectivity index (χ1) is 12.7. The Morgan fingerprint density at radius 2 is 1.77 bits per heavy atom. The van der Waals surface area contributed by atoms with Crippen LogP contribution < -0.4 is 0 Å². The molecule has 0 saturated carbocycles. The largest absolute Gasteiger partial charge is 0.348 e. The zero-order chi connectivity index (χ0) is 17.9. The van der Waals surface area contributed by atoms with Gasteiger partial charge >= 0.3 is 0 Å². The summed E-state index contributed by atoms with van der Waals surface area (Å²) in [6.07, 6.45) is 2.09. The Bertz CT molecular complexity index is 892. The van der Waals surface area contributed by atoms with Gasteiger partial charge in [-0.05, 0) is 42.0 Å². The maximum absolute atomic E-state index is 13.0. The molecule has 4 rings (SSSR count). The first kappa shape index (κ1) is 17.3. The van der Waals surface area contributed by atoms with Gasteiger partial charge in [0.2, 0.25) is 5.91 Å². The van der Waals surface area contributed by atoms with E-state index in [0.717, 1.165) is 23.5 Å². The van der Waals surface area contributed by atoms with Crippen molar-refractivity contribution in [3.8, 4) is 0 Å². The molecule has 1 unspecified atom stereocenters. The van der Waals surface area contributed by atoms with Crippen molar-refractivity contribution in [2.45, 2.75) is 17.5 Å². The Morgan fingerprint density at radius 3 is 2.54 bits per heavy atom. The van der Waals surface area contributed by atoms with Crippen LogP contribution in [-0.2, 0) is 11.3 Å². The predicted molar refractivity (Wildman–Crippen MR) is 107 cm³/mol. The van der Waals surface area contributed by atoms with E-state index < -0.39 is 0 Å². The fraction of sp³-hybridized carbons (Fsp3) is 0.190. The van der Waals surface area contributed by atoms with Crippen molar-refractivity contribution in [3.05, 3.63) is 89.2 Å². The van der Waals surface area contributed by atoms with Crippen molar-refractivity contribution < 1.29 is 4.79 Å². The molecule has 2 heterocycles. The van der Waals surface area contributed by atoms with Crippen molar-refractivity contribution >= 4 is 29.3 Å². The molecule has 132 valence electrons. The van der Waals surface area contributed by atoms with Gasteiger partial charge in [0.1, 0.15) is 0 Å². The van der Waals surface area contributed by atoms with E-state index in [0.29, 0.717) is 10.8 Å². The Kier molecular flexibility index (Phi) is 5.05. The van der Waals surface area contributed by atoms with Crippen molar-refractivity contribution in [1.82, 2.24) is 9.47 Å². The Hall–Kier alpha value is -2.17. The molecule has 1 atom stereocenters. The number of rotatable bonds is 4. The van der Waals surface area contributed by atoms with E-state index in [9.17, 15) is 4.79 Å². The van der Waals surface area contributed by atoms with E-state index in [-0.39, 0.29) is 11.9 Å². The van der Waals surface area contributed by atoms with Gasteiger partial charge in [-0.1, -0.05) is 41.9 Å². The van der Waals surface area contributed by atoms with E-state index in [4.69, 9.17) is 11.6 Å². The lowest BCUT2D eigenvalue weighted by atomic mass is 10.00. The maximum atomic E-state index is 13.0. The molecule has 26 heavy (non-hydrogen) atoms. The molecule has 0 aliphatic carbocycles. The van der Waals surface area contributed by atoms with Crippen LogP contribution in [0.1, 0.15) is 17.3 Å². The lowest BCUT2D eigenvalue weighted by molar-refractivity contribution is -0.131. The molecule has 0 fully saturated rings. The molecule has 3 aromatic rings. The third-order valence-electron chi connectivity index (χ3n) is 4.65. The molecular formula is C21H19ClN2OS. The molecule has 1 aliphatic rings. The molecule has 0 radical (unpaired) electrons. The lowest BCUT2D eigenvalue weighted by Crippen LogP contribution is -2.43. The van der Waals surface area contributed by atoms with Gasteiger partial charge in [-0.3, -0.25) is 4.79 Å². The molecule has 3 nitrogen and oxygen atoms in total. The van der Waals surface area contributed by atoms with Crippen LogP contribution in [0.25, 0.3) is 0 Å². The number of hydrogen-bond acceptors (Lipinski definition) is 2. The SMILES string of the molecule is O=C(CSc1ccc(Cl)cc1)N1CCn2cccc2C1c1ccccc1. The first-order valence-corrected chi connectivity index (χ1v) is 9.96. The molecule has 0 saturated heterocycles. The second-order valence-electron chi connectivity index (χ2n) is 6.27. The van der Waals surface area contributed by atoms with Crippen LogP contribution in [-0.4, -0.2) is 27.7 Å². The molecule has 1 aromatic heterocycles. The highest BCUT2D eigenvalue weighted by Crippen LogP contribution is 2.33. The minimum absolute atomic E-state index is 0.0294. The zero-order valence-corrected chi connectivity index (χ0v) is 15.8. The standard InChI is InChI=1S/C21H19ClN2OS/c22-17-8-10-18(11-9-17)26-15-20(25)24-14-13-23-12-4-7-19(23)21(24)16-5-2-1-3-6-16/h1-12,21H,13-15H2. The van der Waals surface area contributed by atoms with Gasteiger partial charge in [0.05, 0.1) is 11.8 Å². The zero-order valence-electron chi connectivity index (χ0n) is 14.2. The number of thioether (sulfide) groups is 1. The molecule has 2 aromatic carbocycles. The van der Waals surface area contributed by atoms with Gasteiger partial charge in [-0.2, -0.15) is 0 Å². The van der Waals surface area contributed by atoms with Gasteiger partial charge in [0.15, 0.2) is 0 Å². The van der Waals surface area contributed by atoms with Crippen LogP contribution in [0.15, 0.2) is 77.8 Å². The number of amides is 1. The number of aromatic nitrogens is 1. The van der Waals surface area contributed by atoms with Crippen molar-refractivity contribution in [1.29, 1.82) is 0 Å². The Morgan fingerprint density at radius 1 is 1.00 bits per heavy atom. The molecule has 5 heteroatoms. The molecular weight excluding hydrogens is 364 g/mol. The van der Waals surface area contributed by atoms with Crippen LogP contribution in [0.3, 0.4) is 0 Å². The lowest BCUT2D eigenvalue weighted by Gasteiger charge is -2.37. The van der Waals surface area contributed by atoms with E-state index in [1.807, 2.05) is 47.4 Å². The smallest absolute Gasteiger partial charge is 0.233 e. The summed E-state index contributed by atoms with van der Waals surface area (Å²) in [6, 6.07) is 22.0. The number of carbonyl (C=O) groups is 1. The van der Waals surface area contributed by atoms with Crippen LogP contribution in [0, 0.1) is 0 Å². The number of halogens is 1. The monoisotopic (exact) mass is 382 g/mol. The van der Waals surface area contributed by atoms with Gasteiger partial charge in [0.25, 0.3) is 0 Å². The van der Waals surface area contributed by atoms with Crippen LogP contribution in [0.5, 0.6) is 0 Å². The van der Waals surface area contributed by atoms with E-state index >= 15 is 0 Å². The highest BCUT2D eigenvalue weighted by Gasteiger charge is 2.31. The molecule has 0 spiro atoms. The summed E-state index contributed by atoms with van der Waals surface area (Å²) in [6.45, 7) is 1.56. The molecule has 0 bridgehead atoms. The molecule has 0 N–H and O–H groups in total. The van der Waals surface area contributed by atoms with Crippen LogP contribution in [0.4, 0.5) is 0 Å². The number of benzene rings is 2. The summed E-state index contributed by atoms with van der Waals surface area (Å²) in [7, 11) is 0. The number of fused-ring (bicyclic) bond motifs is 1. The van der Waals surface area contributed by atoms with E-state index in [2.05, 4.69) is 35.0 Å². The number of hydrogen-bond donors (Lipinski definition) is 0. The number of carbonyl (C=O) groups excluding carboxylic acids is 1. The predicted octanol–water partition coefficient (Wildman–Crippen LogP) is 4.87. The average Bonchev–Trinajstić information content (AvgIpc) is 3.16. The summed E-state index contributed by atoms with van der Waals surface area (Å²) in [5.74, 6) is 0.581. The average molecular weight is 383 g/mol. The maximum Gasteiger partial charge on any atom is 0.233 e. The summed E-state index contributed by atoms with van der Waals surface area (Å²) in [5, 5.41) is 0.710. The molecule has 1 amide bonds. The van der Waals surface area contributed by atoms with E-state index in [1.54, 1.807) is 11.8 Å². The highest BCUT2D eigenvalue weighted by atomic mass is 35.5. The van der Waals surface area contributed by atoms with Crippen LogP contribution >= 0.6 is 23.4 Å². The van der Waals surface area contributed by atoms with Gasteiger partial charge < -0.3 is 9.47 Å². The fourth-order valence-electron chi connectivity index (χ4n) is 3.40. The van der Waals surface area contributed by atoms with Gasteiger partial charge in [0, 0.05) is 34.9 Å². The van der Waals surface area contributed by atoms with Gasteiger partial charge in [-0.15, -0.1) is 11.8 Å². The first-order valence-electron chi connectivity index (χ1n) is 8.60. The summed E-state index contributed by atoms with van der Waals surface area (Å²) in [4.78, 5) is 16.1. The van der Waals surface area contributed by atoms with Gasteiger partial charge in [-0.25, -0.2) is 0 Å². The third-order valence-corrected chi connectivity index (χ3v) is 5.90. The normalized spacial score (nSPS) is 16.3. The van der Waals surface area contributed by atoms with Crippen molar-refractivity contribution in [3.63, 3.8) is 0 Å². The van der Waals surface area contributed by atoms with Crippen molar-refractivity contribution in [2.24, 2.45) is 0 Å². The quantitative estimate of drug-likeness (QED) is 0.602. The summed E-state index contributed by atoms with van der Waals surface area (Å²) < 4.78 is 2.24. The van der Waals surface area contributed by atoms with Crippen molar-refractivity contribution in [2.75, 3.05) is 12.3 Å². The van der Waals surface area contributed by atoms with Crippen LogP contribution in [0.2, 0.25) is 5.02 Å². The minimum atomic E-state index is -0.0294. The van der Waals surface area contributed by atoms with E-state index in [1.165, 1.54) is 5.69 Å². The second kappa shape index (κ2) is 7.60. The fourth-order valence-corrected chi connectivity index (χ4v) is 4.31. The number of nitrogens with zero attached hydrogens (tertiary/aromatic N) is 2. The topological polar surface area (TPSA) is 25.2 Å². The second-order valence-corrected chi connectivity index (χ2v) is 7.75. The summed E-state index contributed by atoms with van der Waals surface area (Å²) in [5.41, 5.74) is 2.32. The molecule has 1 aliphatic heterocycles.